The fraction of sp³-hybridized carbons (Fsp3) is 0.875. The van der Waals surface area contributed by atoms with Gasteiger partial charge in [-0.05, 0) is 63.2 Å². The van der Waals surface area contributed by atoms with Crippen molar-refractivity contribution in [1.29, 1.82) is 5.26 Å². The lowest BCUT2D eigenvalue weighted by atomic mass is 9.49. The van der Waals surface area contributed by atoms with Gasteiger partial charge in [0.1, 0.15) is 12.6 Å². The first-order valence-electron chi connectivity index (χ1n) is 8.10. The van der Waals surface area contributed by atoms with Crippen LogP contribution in [0.5, 0.6) is 0 Å². The molecular formula is C16H24N2O3. The van der Waals surface area contributed by atoms with Crippen LogP contribution in [0.25, 0.3) is 0 Å². The molecule has 0 aromatic heterocycles. The van der Waals surface area contributed by atoms with E-state index in [1.165, 1.54) is 19.3 Å². The summed E-state index contributed by atoms with van der Waals surface area (Å²) in [7, 11) is 0. The Morgan fingerprint density at radius 2 is 1.81 bits per heavy atom. The topological polar surface area (TPSA) is 71.3 Å². The van der Waals surface area contributed by atoms with Gasteiger partial charge < -0.3 is 5.32 Å². The van der Waals surface area contributed by atoms with E-state index in [-0.39, 0.29) is 17.9 Å². The summed E-state index contributed by atoms with van der Waals surface area (Å²) >= 11 is 0. The molecule has 4 aliphatic carbocycles. The summed E-state index contributed by atoms with van der Waals surface area (Å²) < 4.78 is 0. The smallest absolute Gasteiger partial charge is 0.227 e. The molecular weight excluding hydrogens is 268 g/mol. The molecule has 0 aliphatic heterocycles. The quantitative estimate of drug-likeness (QED) is 0.463. The lowest BCUT2D eigenvalue weighted by Crippen LogP contribution is -2.55. The Morgan fingerprint density at radius 3 is 2.29 bits per heavy atom. The minimum atomic E-state index is -0.628. The molecule has 0 aromatic rings. The van der Waals surface area contributed by atoms with E-state index in [4.69, 9.17) is 15.0 Å². The third-order valence-electron chi connectivity index (χ3n) is 5.42. The Labute approximate surface area is 125 Å². The highest BCUT2D eigenvalue weighted by Gasteiger charge is 2.54. The lowest BCUT2D eigenvalue weighted by Gasteiger charge is -2.55. The summed E-state index contributed by atoms with van der Waals surface area (Å²) in [5.74, 6) is 2.24. The normalized spacial score (nSPS) is 38.0. The molecule has 5 nitrogen and oxygen atoms in total. The van der Waals surface area contributed by atoms with Gasteiger partial charge >= 0.3 is 0 Å². The van der Waals surface area contributed by atoms with Crippen molar-refractivity contribution in [3.63, 3.8) is 0 Å². The maximum absolute atomic E-state index is 12.7. The van der Waals surface area contributed by atoms with Crippen molar-refractivity contribution >= 4 is 5.91 Å². The number of nitrogens with zero attached hydrogens (tertiary/aromatic N) is 1. The summed E-state index contributed by atoms with van der Waals surface area (Å²) in [4.78, 5) is 22.5. The van der Waals surface area contributed by atoms with Crippen molar-refractivity contribution in [3.05, 3.63) is 0 Å². The molecule has 116 valence electrons. The van der Waals surface area contributed by atoms with E-state index in [0.717, 1.165) is 37.0 Å². The number of carbonyl (C=O) groups excluding carboxylic acids is 1. The molecule has 0 radical (unpaired) electrons. The third-order valence-corrected chi connectivity index (χ3v) is 5.42. The van der Waals surface area contributed by atoms with Gasteiger partial charge in [-0.25, -0.2) is 9.78 Å². The van der Waals surface area contributed by atoms with E-state index < -0.39 is 6.04 Å². The predicted octanol–water partition coefficient (Wildman–Crippen LogP) is 2.18. The second-order valence-corrected chi connectivity index (χ2v) is 7.04. The van der Waals surface area contributed by atoms with Gasteiger partial charge in [-0.1, -0.05) is 0 Å². The van der Waals surface area contributed by atoms with Crippen LogP contribution in [-0.4, -0.2) is 25.2 Å². The molecule has 0 heterocycles. The zero-order valence-corrected chi connectivity index (χ0v) is 12.6. The second kappa shape index (κ2) is 5.94. The summed E-state index contributed by atoms with van der Waals surface area (Å²) in [5.41, 5.74) is -0.213. The van der Waals surface area contributed by atoms with Crippen LogP contribution in [0.15, 0.2) is 0 Å². The van der Waals surface area contributed by atoms with Crippen molar-refractivity contribution in [2.75, 3.05) is 13.2 Å². The average molecular weight is 292 g/mol. The van der Waals surface area contributed by atoms with Gasteiger partial charge in [0, 0.05) is 0 Å². The second-order valence-electron chi connectivity index (χ2n) is 7.04. The van der Waals surface area contributed by atoms with Gasteiger partial charge in [-0.15, -0.1) is 0 Å². The van der Waals surface area contributed by atoms with Crippen LogP contribution < -0.4 is 5.32 Å². The Hall–Kier alpha value is -1.12. The zero-order valence-electron chi connectivity index (χ0n) is 12.6. The van der Waals surface area contributed by atoms with E-state index in [0.29, 0.717) is 6.61 Å². The van der Waals surface area contributed by atoms with Crippen LogP contribution in [0.2, 0.25) is 0 Å². The minimum Gasteiger partial charge on any atom is -0.338 e. The van der Waals surface area contributed by atoms with Crippen molar-refractivity contribution in [3.8, 4) is 6.07 Å². The highest BCUT2D eigenvalue weighted by Crippen LogP contribution is 2.60. The molecule has 1 unspecified atom stereocenters. The van der Waals surface area contributed by atoms with E-state index in [1.807, 2.05) is 6.92 Å². The molecule has 4 fully saturated rings. The monoisotopic (exact) mass is 292 g/mol. The maximum Gasteiger partial charge on any atom is 0.227 e. The molecule has 5 heteroatoms. The van der Waals surface area contributed by atoms with Gasteiger partial charge in [0.05, 0.1) is 18.1 Å². The minimum absolute atomic E-state index is 0.0632. The van der Waals surface area contributed by atoms with Crippen molar-refractivity contribution in [2.45, 2.75) is 51.5 Å². The van der Waals surface area contributed by atoms with Gasteiger partial charge in [0.25, 0.3) is 0 Å². The third kappa shape index (κ3) is 2.93. The van der Waals surface area contributed by atoms with Crippen molar-refractivity contribution in [1.82, 2.24) is 5.32 Å². The van der Waals surface area contributed by atoms with Crippen LogP contribution in [-0.2, 0) is 14.6 Å². The summed E-state index contributed by atoms with van der Waals surface area (Å²) in [6.45, 7) is 2.33. The average Bonchev–Trinajstić information content (AvgIpc) is 2.44. The standard InChI is InChI=1S/C16H24N2O3/c1-2-20-21-10-14(9-17)18-15(19)16-6-11-3-12(7-16)5-13(4-11)8-16/h11-14H,2-8,10H2,1H3,(H,18,19). The molecule has 1 amide bonds. The first-order valence-corrected chi connectivity index (χ1v) is 8.10. The highest BCUT2D eigenvalue weighted by atomic mass is 17.2. The largest absolute Gasteiger partial charge is 0.338 e. The van der Waals surface area contributed by atoms with Crippen LogP contribution in [0.1, 0.15) is 45.4 Å². The molecule has 1 atom stereocenters. The Bertz CT molecular complexity index is 408. The molecule has 4 aliphatic rings. The first kappa shape index (κ1) is 14.8. The zero-order chi connectivity index (χ0) is 14.9. The molecule has 0 saturated heterocycles. The Balaban J connectivity index is 1.61. The first-order chi connectivity index (χ1) is 10.1. The van der Waals surface area contributed by atoms with Crippen LogP contribution in [0, 0.1) is 34.5 Å². The lowest BCUT2D eigenvalue weighted by molar-refractivity contribution is -0.292. The Kier molecular flexibility index (Phi) is 4.19. The maximum atomic E-state index is 12.7. The molecule has 1 N–H and O–H groups in total. The number of nitriles is 1. The van der Waals surface area contributed by atoms with Crippen LogP contribution >= 0.6 is 0 Å². The molecule has 0 spiro atoms. The highest BCUT2D eigenvalue weighted by molar-refractivity contribution is 5.83. The van der Waals surface area contributed by atoms with Gasteiger partial charge in [0.2, 0.25) is 5.91 Å². The van der Waals surface area contributed by atoms with E-state index in [1.54, 1.807) is 0 Å². The molecule has 4 bridgehead atoms. The van der Waals surface area contributed by atoms with Gasteiger partial charge in [-0.2, -0.15) is 5.26 Å². The fourth-order valence-corrected chi connectivity index (χ4v) is 5.01. The molecule has 0 aromatic carbocycles. The summed E-state index contributed by atoms with van der Waals surface area (Å²) in [6, 6.07) is 1.46. The summed E-state index contributed by atoms with van der Waals surface area (Å²) in [5, 5.41) is 12.0. The van der Waals surface area contributed by atoms with E-state index in [9.17, 15) is 4.79 Å². The molecule has 21 heavy (non-hydrogen) atoms. The predicted molar refractivity (Wildman–Crippen MR) is 75.7 cm³/mol. The number of nitrogens with one attached hydrogen (secondary N) is 1. The number of carbonyl (C=O) groups is 1. The molecule has 4 rings (SSSR count). The van der Waals surface area contributed by atoms with E-state index in [2.05, 4.69) is 11.4 Å². The van der Waals surface area contributed by atoms with Crippen molar-refractivity contribution < 1.29 is 14.6 Å². The number of hydrogen-bond donors (Lipinski definition) is 1. The summed E-state index contributed by atoms with van der Waals surface area (Å²) in [6.07, 6.45) is 6.95. The van der Waals surface area contributed by atoms with Crippen LogP contribution in [0.4, 0.5) is 0 Å². The number of amides is 1. The van der Waals surface area contributed by atoms with Gasteiger partial charge in [-0.3, -0.25) is 4.79 Å². The van der Waals surface area contributed by atoms with Gasteiger partial charge in [0.15, 0.2) is 0 Å². The fourth-order valence-electron chi connectivity index (χ4n) is 5.01. The van der Waals surface area contributed by atoms with Crippen LogP contribution in [0.3, 0.4) is 0 Å². The van der Waals surface area contributed by atoms with Crippen molar-refractivity contribution in [2.24, 2.45) is 23.2 Å². The number of rotatable bonds is 6. The van der Waals surface area contributed by atoms with E-state index >= 15 is 0 Å². The SMILES string of the molecule is CCOOCC(C#N)NC(=O)C12CC3CC(CC(C3)C1)C2. The molecule has 4 saturated carbocycles. The Morgan fingerprint density at radius 1 is 1.24 bits per heavy atom. The number of hydrogen-bond acceptors (Lipinski definition) is 4.